The number of anilines is 1. The summed E-state index contributed by atoms with van der Waals surface area (Å²) in [6.07, 6.45) is 1.75. The van der Waals surface area contributed by atoms with Crippen LogP contribution in [0.4, 0.5) is 5.69 Å². The molecule has 17 heavy (non-hydrogen) atoms. The lowest BCUT2D eigenvalue weighted by molar-refractivity contribution is 0.594. The van der Waals surface area contributed by atoms with Crippen molar-refractivity contribution in [2.45, 2.75) is 12.7 Å². The average Bonchev–Trinajstić information content (AvgIpc) is 2.38. The molecule has 2 aromatic rings. The molecule has 1 N–H and O–H groups in total. The number of aryl methyl sites for hydroxylation is 1. The van der Waals surface area contributed by atoms with Crippen LogP contribution in [-0.2, 0) is 4.57 Å². The molecule has 1 unspecified atom stereocenters. The van der Waals surface area contributed by atoms with Gasteiger partial charge in [0.15, 0.2) is 8.46 Å². The van der Waals surface area contributed by atoms with Gasteiger partial charge in [0.05, 0.1) is 0 Å². The van der Waals surface area contributed by atoms with E-state index < -0.39 is 0 Å². The van der Waals surface area contributed by atoms with Crippen LogP contribution in [0.5, 0.6) is 0 Å². The Hall–Kier alpha value is -1.73. The van der Waals surface area contributed by atoms with Crippen LogP contribution in [0.3, 0.4) is 0 Å². The van der Waals surface area contributed by atoms with Gasteiger partial charge in [0, 0.05) is 23.1 Å². The number of pyridine rings is 1. The fraction of sp³-hybridized carbons (Fsp3) is 0.154. The molecule has 0 radical (unpaired) electrons. The number of aromatic nitrogens is 1. The monoisotopic (exact) mass is 244 g/mol. The van der Waals surface area contributed by atoms with Crippen LogP contribution in [0.15, 0.2) is 48.7 Å². The standard InChI is InChI=1S/C13H13N2OP/c1-10-7-8-11(9-14-10)13(17-16)15-12-5-3-2-4-6-12/h2-9,13,15H,1H3. The van der Waals surface area contributed by atoms with Crippen LogP contribution in [0.2, 0.25) is 0 Å². The molecule has 0 spiro atoms. The van der Waals surface area contributed by atoms with Gasteiger partial charge in [0.1, 0.15) is 5.78 Å². The van der Waals surface area contributed by atoms with Crippen LogP contribution in [0.1, 0.15) is 17.0 Å². The first-order chi connectivity index (χ1) is 8.29. The highest BCUT2D eigenvalue weighted by Crippen LogP contribution is 2.27. The van der Waals surface area contributed by atoms with E-state index in [1.807, 2.05) is 49.4 Å². The summed E-state index contributed by atoms with van der Waals surface area (Å²) in [4.78, 5) is 4.21. The van der Waals surface area contributed by atoms with Gasteiger partial charge < -0.3 is 5.32 Å². The van der Waals surface area contributed by atoms with Gasteiger partial charge in [0.2, 0.25) is 0 Å². The molecule has 86 valence electrons. The first-order valence-corrected chi connectivity index (χ1v) is 6.24. The normalized spacial score (nSPS) is 12.3. The lowest BCUT2D eigenvalue weighted by Gasteiger charge is -2.13. The van der Waals surface area contributed by atoms with Crippen molar-refractivity contribution in [2.24, 2.45) is 0 Å². The molecule has 0 saturated carbocycles. The summed E-state index contributed by atoms with van der Waals surface area (Å²) >= 11 is 0. The maximum Gasteiger partial charge on any atom is 0.185 e. The van der Waals surface area contributed by atoms with E-state index in [9.17, 15) is 4.57 Å². The molecule has 0 saturated heterocycles. The van der Waals surface area contributed by atoms with Crippen molar-refractivity contribution in [1.29, 1.82) is 0 Å². The van der Waals surface area contributed by atoms with Gasteiger partial charge in [-0.05, 0) is 25.1 Å². The van der Waals surface area contributed by atoms with Gasteiger partial charge in [-0.25, -0.2) is 0 Å². The minimum atomic E-state index is -0.259. The van der Waals surface area contributed by atoms with E-state index in [-0.39, 0.29) is 14.2 Å². The van der Waals surface area contributed by atoms with E-state index in [0.717, 1.165) is 16.9 Å². The Morgan fingerprint density at radius 1 is 1.18 bits per heavy atom. The lowest BCUT2D eigenvalue weighted by Crippen LogP contribution is -2.04. The SMILES string of the molecule is Cc1ccc(C(Nc2ccccc2)P=O)cn1. The summed E-state index contributed by atoms with van der Waals surface area (Å²) < 4.78 is 11.2. The summed E-state index contributed by atoms with van der Waals surface area (Å²) in [6.45, 7) is 1.93. The highest BCUT2D eigenvalue weighted by Gasteiger charge is 2.11. The van der Waals surface area contributed by atoms with E-state index in [2.05, 4.69) is 10.3 Å². The molecular weight excluding hydrogens is 231 g/mol. The van der Waals surface area contributed by atoms with Crippen LogP contribution < -0.4 is 5.32 Å². The summed E-state index contributed by atoms with van der Waals surface area (Å²) in [7, 11) is 0.0351. The molecule has 1 aromatic carbocycles. The van der Waals surface area contributed by atoms with Gasteiger partial charge in [0.25, 0.3) is 0 Å². The second-order valence-electron chi connectivity index (χ2n) is 3.75. The third-order valence-corrected chi connectivity index (χ3v) is 3.07. The molecule has 0 amide bonds. The van der Waals surface area contributed by atoms with Gasteiger partial charge in [-0.15, -0.1) is 0 Å². The number of nitrogens with one attached hydrogen (secondary N) is 1. The van der Waals surface area contributed by atoms with E-state index in [1.54, 1.807) is 6.20 Å². The Morgan fingerprint density at radius 2 is 1.94 bits per heavy atom. The number of nitrogens with zero attached hydrogens (tertiary/aromatic N) is 1. The molecule has 0 aliphatic rings. The van der Waals surface area contributed by atoms with E-state index >= 15 is 0 Å². The van der Waals surface area contributed by atoms with Crippen LogP contribution >= 0.6 is 8.46 Å². The van der Waals surface area contributed by atoms with Crippen molar-refractivity contribution in [3.05, 3.63) is 59.9 Å². The van der Waals surface area contributed by atoms with Crippen molar-refractivity contribution < 1.29 is 4.57 Å². The van der Waals surface area contributed by atoms with Crippen LogP contribution in [0.25, 0.3) is 0 Å². The predicted molar refractivity (Wildman–Crippen MR) is 69.4 cm³/mol. The first-order valence-electron chi connectivity index (χ1n) is 5.36. The van der Waals surface area contributed by atoms with Gasteiger partial charge in [-0.2, -0.15) is 0 Å². The van der Waals surface area contributed by atoms with E-state index in [0.29, 0.717) is 0 Å². The van der Waals surface area contributed by atoms with Crippen molar-refractivity contribution in [3.8, 4) is 0 Å². The number of rotatable bonds is 4. The number of hydrogen-bond donors (Lipinski definition) is 1. The highest BCUT2D eigenvalue weighted by molar-refractivity contribution is 7.24. The van der Waals surface area contributed by atoms with E-state index in [1.165, 1.54) is 0 Å². The fourth-order valence-corrected chi connectivity index (χ4v) is 1.98. The second-order valence-corrected chi connectivity index (χ2v) is 4.48. The molecule has 1 aromatic heterocycles. The average molecular weight is 244 g/mol. The second kappa shape index (κ2) is 5.55. The van der Waals surface area contributed by atoms with Crippen molar-refractivity contribution >= 4 is 14.1 Å². The molecule has 0 fully saturated rings. The Balaban J connectivity index is 2.17. The predicted octanol–water partition coefficient (Wildman–Crippen LogP) is 3.79. The van der Waals surface area contributed by atoms with Gasteiger partial charge in [-0.1, -0.05) is 24.3 Å². The number of para-hydroxylation sites is 1. The van der Waals surface area contributed by atoms with Gasteiger partial charge >= 0.3 is 0 Å². The first kappa shape index (κ1) is 11.7. The minimum Gasteiger partial charge on any atom is -0.368 e. The van der Waals surface area contributed by atoms with Crippen molar-refractivity contribution in [1.82, 2.24) is 4.98 Å². The summed E-state index contributed by atoms with van der Waals surface area (Å²) in [6, 6.07) is 13.6. The molecule has 0 bridgehead atoms. The number of hydrogen-bond acceptors (Lipinski definition) is 3. The summed E-state index contributed by atoms with van der Waals surface area (Å²) in [5.41, 5.74) is 2.81. The quantitative estimate of drug-likeness (QED) is 0.832. The molecule has 2 rings (SSSR count). The molecule has 3 nitrogen and oxygen atoms in total. The van der Waals surface area contributed by atoms with E-state index in [4.69, 9.17) is 0 Å². The largest absolute Gasteiger partial charge is 0.368 e. The van der Waals surface area contributed by atoms with Crippen LogP contribution in [-0.4, -0.2) is 4.98 Å². The van der Waals surface area contributed by atoms with Crippen molar-refractivity contribution in [2.75, 3.05) is 5.32 Å². The molecule has 1 heterocycles. The summed E-state index contributed by atoms with van der Waals surface area (Å²) in [5, 5.41) is 3.20. The third-order valence-electron chi connectivity index (χ3n) is 2.43. The van der Waals surface area contributed by atoms with Gasteiger partial charge in [-0.3, -0.25) is 9.55 Å². The van der Waals surface area contributed by atoms with Crippen LogP contribution in [0, 0.1) is 6.92 Å². The number of benzene rings is 1. The smallest absolute Gasteiger partial charge is 0.185 e. The Kier molecular flexibility index (Phi) is 3.84. The zero-order valence-electron chi connectivity index (χ0n) is 9.50. The third kappa shape index (κ3) is 3.11. The molecular formula is C13H13N2OP. The molecule has 4 heteroatoms. The Labute approximate surface area is 102 Å². The summed E-state index contributed by atoms with van der Waals surface area (Å²) in [5.74, 6) is -0.259. The van der Waals surface area contributed by atoms with Crippen molar-refractivity contribution in [3.63, 3.8) is 0 Å². The highest BCUT2D eigenvalue weighted by atomic mass is 31.1. The molecule has 1 atom stereocenters. The zero-order chi connectivity index (χ0) is 12.1. The Bertz CT molecular complexity index is 485. The topological polar surface area (TPSA) is 42.0 Å². The fourth-order valence-electron chi connectivity index (χ4n) is 1.50. The zero-order valence-corrected chi connectivity index (χ0v) is 10.4. The molecule has 0 aliphatic heterocycles. The Morgan fingerprint density at radius 3 is 2.53 bits per heavy atom. The maximum atomic E-state index is 11.2. The lowest BCUT2D eigenvalue weighted by atomic mass is 10.2. The minimum absolute atomic E-state index is 0.0351. The maximum absolute atomic E-state index is 11.2. The molecule has 0 aliphatic carbocycles.